The second kappa shape index (κ2) is 8.91. The molecule has 7 heteroatoms. The highest BCUT2D eigenvalue weighted by molar-refractivity contribution is 6.13. The molecule has 2 heterocycles. The number of methoxy groups -OCH3 is 1. The number of anilines is 1. The maximum atomic E-state index is 14.5. The summed E-state index contributed by atoms with van der Waals surface area (Å²) in [7, 11) is 1.32. The lowest BCUT2D eigenvalue weighted by molar-refractivity contribution is -0.149. The molecule has 0 fully saturated rings. The van der Waals surface area contributed by atoms with E-state index in [1.807, 2.05) is 54.6 Å². The lowest BCUT2D eigenvalue weighted by atomic mass is 9.66. The van der Waals surface area contributed by atoms with Gasteiger partial charge in [0.2, 0.25) is 6.79 Å². The van der Waals surface area contributed by atoms with E-state index in [4.69, 9.17) is 14.2 Å². The van der Waals surface area contributed by atoms with Crippen LogP contribution < -0.4 is 14.8 Å². The van der Waals surface area contributed by atoms with Gasteiger partial charge in [-0.1, -0.05) is 48.5 Å². The van der Waals surface area contributed by atoms with Gasteiger partial charge < -0.3 is 24.6 Å². The zero-order chi connectivity index (χ0) is 26.7. The summed E-state index contributed by atoms with van der Waals surface area (Å²) in [5.41, 5.74) is 4.88. The minimum Gasteiger partial charge on any atom is -0.508 e. The summed E-state index contributed by atoms with van der Waals surface area (Å²) in [6.07, 6.45) is 0.432. The van der Waals surface area contributed by atoms with Crippen LogP contribution in [-0.4, -0.2) is 30.8 Å². The zero-order valence-corrected chi connectivity index (χ0v) is 21.1. The number of carbonyl (C=O) groups excluding carboxylic acids is 2. The third-order valence-corrected chi connectivity index (χ3v) is 8.04. The first-order valence-corrected chi connectivity index (χ1v) is 12.9. The molecule has 0 bridgehead atoms. The molecule has 0 radical (unpaired) electrons. The van der Waals surface area contributed by atoms with E-state index >= 15 is 0 Å². The van der Waals surface area contributed by atoms with Crippen LogP contribution in [0.25, 0.3) is 10.8 Å². The first kappa shape index (κ1) is 23.3. The van der Waals surface area contributed by atoms with E-state index in [1.165, 1.54) is 7.11 Å². The molecule has 4 aromatic carbocycles. The van der Waals surface area contributed by atoms with Crippen molar-refractivity contribution >= 4 is 28.2 Å². The Labute approximate surface area is 224 Å². The number of aromatic hydroxyl groups is 1. The van der Waals surface area contributed by atoms with Crippen LogP contribution >= 0.6 is 0 Å². The molecule has 39 heavy (non-hydrogen) atoms. The summed E-state index contributed by atoms with van der Waals surface area (Å²) in [6, 6.07) is 24.7. The quantitative estimate of drug-likeness (QED) is 0.268. The molecule has 0 saturated carbocycles. The Morgan fingerprint density at radius 2 is 1.72 bits per heavy atom. The Bertz CT molecular complexity index is 1690. The fourth-order valence-corrected chi connectivity index (χ4v) is 6.26. The SMILES string of the molecule is COC(=O)[C@@H]1C(=O)C2=C(C[C@@H]1c1ccc3c(c1)OCO3)Nc1ccc3ccccc3c1[C@@H]2c1ccc(O)cc1. The average molecular weight is 520 g/mol. The van der Waals surface area contributed by atoms with E-state index in [-0.39, 0.29) is 18.3 Å². The lowest BCUT2D eigenvalue weighted by Crippen LogP contribution is -2.40. The number of carbonyl (C=O) groups is 2. The van der Waals surface area contributed by atoms with Gasteiger partial charge in [-0.15, -0.1) is 0 Å². The summed E-state index contributed by atoms with van der Waals surface area (Å²) in [5, 5.41) is 15.6. The highest BCUT2D eigenvalue weighted by atomic mass is 16.7. The minimum atomic E-state index is -1.02. The highest BCUT2D eigenvalue weighted by Crippen LogP contribution is 2.52. The van der Waals surface area contributed by atoms with Crippen LogP contribution in [0.1, 0.15) is 34.9 Å². The van der Waals surface area contributed by atoms with Crippen LogP contribution in [0.15, 0.2) is 90.1 Å². The number of phenols is 1. The Balaban J connectivity index is 1.44. The van der Waals surface area contributed by atoms with Crippen LogP contribution in [0.2, 0.25) is 0 Å². The van der Waals surface area contributed by atoms with Gasteiger partial charge >= 0.3 is 5.97 Å². The summed E-state index contributed by atoms with van der Waals surface area (Å²) in [5.74, 6) is -1.36. The van der Waals surface area contributed by atoms with E-state index in [9.17, 15) is 14.7 Å². The number of Topliss-reactive ketones (excluding diaryl/α,β-unsaturated/α-hetero) is 1. The molecule has 2 N–H and O–H groups in total. The average Bonchev–Trinajstić information content (AvgIpc) is 3.44. The van der Waals surface area contributed by atoms with E-state index in [0.717, 1.165) is 38.8 Å². The fraction of sp³-hybridized carbons (Fsp3) is 0.188. The number of rotatable bonds is 3. The van der Waals surface area contributed by atoms with Crippen LogP contribution in [0.3, 0.4) is 0 Å². The van der Waals surface area contributed by atoms with E-state index in [0.29, 0.717) is 23.5 Å². The molecule has 3 atom stereocenters. The molecule has 7 rings (SSSR count). The molecule has 0 unspecified atom stereocenters. The Hall–Kier alpha value is -4.78. The number of ether oxygens (including phenoxy) is 3. The van der Waals surface area contributed by atoms with Crippen molar-refractivity contribution in [1.82, 2.24) is 0 Å². The second-order valence-electron chi connectivity index (χ2n) is 10.1. The number of phenolic OH excluding ortho intramolecular Hbond substituents is 1. The predicted octanol–water partition coefficient (Wildman–Crippen LogP) is 5.63. The molecule has 0 saturated heterocycles. The highest BCUT2D eigenvalue weighted by Gasteiger charge is 2.48. The third kappa shape index (κ3) is 3.65. The number of benzene rings is 4. The molecule has 1 aliphatic carbocycles. The molecule has 0 spiro atoms. The van der Waals surface area contributed by atoms with Gasteiger partial charge in [-0.3, -0.25) is 9.59 Å². The Kier molecular flexibility index (Phi) is 5.33. The standard InChI is InChI=1S/C32H25NO6/c1-37-32(36)29-22(19-9-13-25-26(14-19)39-16-38-25)15-24-30(31(29)35)27(18-6-10-20(34)11-7-18)28-21-5-3-2-4-17(21)8-12-23(28)33-24/h2-14,22,27,29,33-34H,15-16H2,1H3/t22-,27+,29+/m1/s1. The van der Waals surface area contributed by atoms with Crippen molar-refractivity contribution in [3.05, 3.63) is 107 Å². The molecule has 0 aromatic heterocycles. The molecule has 4 aromatic rings. The summed E-state index contributed by atoms with van der Waals surface area (Å²) in [6.45, 7) is 0.138. The van der Waals surface area contributed by atoms with Gasteiger partial charge in [-0.05, 0) is 64.2 Å². The molecule has 2 aliphatic heterocycles. The number of allylic oxidation sites excluding steroid dienone is 2. The monoisotopic (exact) mass is 519 g/mol. The number of ketones is 1. The largest absolute Gasteiger partial charge is 0.508 e. The van der Waals surface area contributed by atoms with Crippen LogP contribution in [-0.2, 0) is 14.3 Å². The second-order valence-corrected chi connectivity index (χ2v) is 10.1. The smallest absolute Gasteiger partial charge is 0.317 e. The van der Waals surface area contributed by atoms with Crippen LogP contribution in [0, 0.1) is 5.92 Å². The summed E-state index contributed by atoms with van der Waals surface area (Å²) >= 11 is 0. The molecular formula is C32H25NO6. The topological polar surface area (TPSA) is 94.1 Å². The number of esters is 1. The van der Waals surface area contributed by atoms with Gasteiger partial charge in [0.25, 0.3) is 0 Å². The van der Waals surface area contributed by atoms with E-state index < -0.39 is 23.7 Å². The number of hydrogen-bond acceptors (Lipinski definition) is 7. The predicted molar refractivity (Wildman–Crippen MR) is 145 cm³/mol. The lowest BCUT2D eigenvalue weighted by Gasteiger charge is -2.40. The first-order chi connectivity index (χ1) is 19.0. The number of hydrogen-bond donors (Lipinski definition) is 2. The van der Waals surface area contributed by atoms with Crippen molar-refractivity contribution in [2.45, 2.75) is 18.3 Å². The van der Waals surface area contributed by atoms with Gasteiger partial charge in [-0.2, -0.15) is 0 Å². The first-order valence-electron chi connectivity index (χ1n) is 12.9. The molecule has 0 amide bonds. The molecule has 7 nitrogen and oxygen atoms in total. The van der Waals surface area contributed by atoms with Gasteiger partial charge in [-0.25, -0.2) is 0 Å². The molecule has 3 aliphatic rings. The summed E-state index contributed by atoms with van der Waals surface area (Å²) < 4.78 is 16.2. The van der Waals surface area contributed by atoms with Crippen LogP contribution in [0.4, 0.5) is 5.69 Å². The van der Waals surface area contributed by atoms with Crippen molar-refractivity contribution in [1.29, 1.82) is 0 Å². The zero-order valence-electron chi connectivity index (χ0n) is 21.1. The van der Waals surface area contributed by atoms with Crippen molar-refractivity contribution in [2.75, 3.05) is 19.2 Å². The third-order valence-electron chi connectivity index (χ3n) is 8.04. The number of nitrogens with one attached hydrogen (secondary N) is 1. The molecule has 194 valence electrons. The normalized spacial score (nSPS) is 21.3. The van der Waals surface area contributed by atoms with E-state index in [1.54, 1.807) is 12.1 Å². The molecular weight excluding hydrogens is 494 g/mol. The number of fused-ring (bicyclic) bond motifs is 4. The van der Waals surface area contributed by atoms with Gasteiger partial charge in [0.1, 0.15) is 11.7 Å². The van der Waals surface area contributed by atoms with Crippen molar-refractivity contribution < 1.29 is 28.9 Å². The maximum absolute atomic E-state index is 14.5. The Morgan fingerprint density at radius 1 is 0.949 bits per heavy atom. The van der Waals surface area contributed by atoms with E-state index in [2.05, 4.69) is 17.4 Å². The van der Waals surface area contributed by atoms with Crippen molar-refractivity contribution in [3.63, 3.8) is 0 Å². The minimum absolute atomic E-state index is 0.138. The van der Waals surface area contributed by atoms with Gasteiger partial charge in [0, 0.05) is 28.8 Å². The maximum Gasteiger partial charge on any atom is 0.317 e. The van der Waals surface area contributed by atoms with Crippen molar-refractivity contribution in [2.24, 2.45) is 5.92 Å². The fourth-order valence-electron chi connectivity index (χ4n) is 6.26. The van der Waals surface area contributed by atoms with Crippen LogP contribution in [0.5, 0.6) is 17.2 Å². The van der Waals surface area contributed by atoms with Gasteiger partial charge in [0.15, 0.2) is 17.3 Å². The van der Waals surface area contributed by atoms with Crippen molar-refractivity contribution in [3.8, 4) is 17.2 Å². The van der Waals surface area contributed by atoms with Gasteiger partial charge in [0.05, 0.1) is 7.11 Å². The summed E-state index contributed by atoms with van der Waals surface area (Å²) in [4.78, 5) is 27.7. The Morgan fingerprint density at radius 3 is 2.54 bits per heavy atom.